The third-order valence-electron chi connectivity index (χ3n) is 5.80. The molecule has 3 rings (SSSR count). The van der Waals surface area contributed by atoms with Gasteiger partial charge in [0, 0.05) is 45.8 Å². The number of hydrogen-bond acceptors (Lipinski definition) is 4. The van der Waals surface area contributed by atoms with E-state index in [0.29, 0.717) is 24.7 Å². The maximum absolute atomic E-state index is 14.7. The fourth-order valence-electron chi connectivity index (χ4n) is 3.96. The summed E-state index contributed by atoms with van der Waals surface area (Å²) in [5.41, 5.74) is 1.48. The fourth-order valence-corrected chi connectivity index (χ4v) is 3.96. The van der Waals surface area contributed by atoms with Crippen LogP contribution in [0.25, 0.3) is 0 Å². The summed E-state index contributed by atoms with van der Waals surface area (Å²) in [5, 5.41) is 6.24. The van der Waals surface area contributed by atoms with E-state index in [4.69, 9.17) is 0 Å². The van der Waals surface area contributed by atoms with Crippen LogP contribution in [0.3, 0.4) is 0 Å². The topological polar surface area (TPSA) is 63.2 Å². The molecule has 0 bridgehead atoms. The molecule has 2 N–H and O–H groups in total. The lowest BCUT2D eigenvalue weighted by molar-refractivity contribution is -0.128. The lowest BCUT2D eigenvalue weighted by Gasteiger charge is -2.35. The van der Waals surface area contributed by atoms with Crippen LogP contribution in [0.1, 0.15) is 32.3 Å². The van der Waals surface area contributed by atoms with Crippen molar-refractivity contribution in [1.29, 1.82) is 0 Å². The number of carbonyl (C=O) groups excluding carboxylic acids is 1. The van der Waals surface area contributed by atoms with Crippen molar-refractivity contribution >= 4 is 41.5 Å². The number of halogens is 2. The smallest absolute Gasteiger partial charge is 0.241 e. The first kappa shape index (κ1) is 25.6. The Morgan fingerprint density at radius 3 is 2.39 bits per heavy atom. The molecule has 2 aliphatic rings. The van der Waals surface area contributed by atoms with Crippen LogP contribution >= 0.6 is 24.0 Å². The molecule has 2 saturated heterocycles. The van der Waals surface area contributed by atoms with E-state index in [1.807, 2.05) is 24.0 Å². The molecule has 1 aromatic rings. The van der Waals surface area contributed by atoms with Crippen LogP contribution in [0.5, 0.6) is 0 Å². The highest BCUT2D eigenvalue weighted by molar-refractivity contribution is 14.0. The first-order chi connectivity index (χ1) is 14.6. The van der Waals surface area contributed by atoms with E-state index in [1.54, 1.807) is 6.07 Å². The molecule has 9 heteroatoms. The second-order valence-corrected chi connectivity index (χ2v) is 7.84. The molecular weight excluding hydrogens is 510 g/mol. The van der Waals surface area contributed by atoms with Gasteiger partial charge in [0.15, 0.2) is 5.96 Å². The van der Waals surface area contributed by atoms with E-state index in [-0.39, 0.29) is 42.2 Å². The maximum atomic E-state index is 14.7. The van der Waals surface area contributed by atoms with Crippen LogP contribution < -0.4 is 15.5 Å². The Hall–Kier alpha value is -1.62. The second-order valence-electron chi connectivity index (χ2n) is 7.84. The third-order valence-corrected chi connectivity index (χ3v) is 5.80. The van der Waals surface area contributed by atoms with E-state index >= 15 is 0 Å². The highest BCUT2D eigenvalue weighted by atomic mass is 127. The molecule has 0 aliphatic carbocycles. The minimum Gasteiger partial charge on any atom is -0.367 e. The zero-order valence-corrected chi connectivity index (χ0v) is 21.0. The number of amides is 1. The van der Waals surface area contributed by atoms with Crippen molar-refractivity contribution < 1.29 is 9.18 Å². The summed E-state index contributed by atoms with van der Waals surface area (Å²) in [5.74, 6) is 0.469. The zero-order chi connectivity index (χ0) is 21.3. The van der Waals surface area contributed by atoms with Gasteiger partial charge in [0.1, 0.15) is 5.82 Å². The first-order valence-corrected chi connectivity index (χ1v) is 11.2. The Morgan fingerprint density at radius 1 is 1.06 bits per heavy atom. The highest BCUT2D eigenvalue weighted by Crippen LogP contribution is 2.22. The Balaban J connectivity index is 0.00000341. The van der Waals surface area contributed by atoms with Crippen molar-refractivity contribution in [3.8, 4) is 0 Å². The Kier molecular flexibility index (Phi) is 10.8. The second kappa shape index (κ2) is 13.0. The molecule has 7 nitrogen and oxygen atoms in total. The fraction of sp³-hybridized carbons (Fsp3) is 0.636. The van der Waals surface area contributed by atoms with Crippen molar-refractivity contribution in [2.45, 2.75) is 33.2 Å². The summed E-state index contributed by atoms with van der Waals surface area (Å²) in [4.78, 5) is 23.1. The molecule has 0 saturated carbocycles. The molecule has 31 heavy (non-hydrogen) atoms. The summed E-state index contributed by atoms with van der Waals surface area (Å²) in [6, 6.07) is 5.37. The number of anilines is 1. The number of piperazine rings is 1. The van der Waals surface area contributed by atoms with Crippen molar-refractivity contribution in [2.75, 3.05) is 63.8 Å². The number of likely N-dealkylation sites (tertiary alicyclic amines) is 1. The van der Waals surface area contributed by atoms with Gasteiger partial charge in [-0.1, -0.05) is 13.0 Å². The molecule has 1 amide bonds. The third kappa shape index (κ3) is 7.48. The maximum Gasteiger partial charge on any atom is 0.241 e. The number of aliphatic imine (C=N–C) groups is 1. The van der Waals surface area contributed by atoms with Gasteiger partial charge in [0.05, 0.1) is 18.8 Å². The predicted molar refractivity (Wildman–Crippen MR) is 135 cm³/mol. The molecule has 2 fully saturated rings. The summed E-state index contributed by atoms with van der Waals surface area (Å²) >= 11 is 0. The van der Waals surface area contributed by atoms with Crippen molar-refractivity contribution in [1.82, 2.24) is 20.4 Å². The van der Waals surface area contributed by atoms with Gasteiger partial charge in [-0.15, -0.1) is 24.0 Å². The van der Waals surface area contributed by atoms with Crippen LogP contribution in [0.4, 0.5) is 10.1 Å². The molecule has 0 atom stereocenters. The summed E-state index contributed by atoms with van der Waals surface area (Å²) in [7, 11) is 0. The number of benzene rings is 1. The van der Waals surface area contributed by atoms with Crippen molar-refractivity contribution in [3.63, 3.8) is 0 Å². The molecule has 174 valence electrons. The Bertz CT molecular complexity index is 733. The molecule has 2 aliphatic heterocycles. The monoisotopic (exact) mass is 546 g/mol. The van der Waals surface area contributed by atoms with Crippen LogP contribution in [-0.2, 0) is 11.3 Å². The van der Waals surface area contributed by atoms with E-state index in [1.165, 1.54) is 0 Å². The number of guanidine groups is 1. The number of carbonyl (C=O) groups is 1. The van der Waals surface area contributed by atoms with Gasteiger partial charge < -0.3 is 25.3 Å². The molecule has 0 radical (unpaired) electrons. The standard InChI is InChI=1S/C22H35FN6O.HI/c1-3-24-22(26-17-21(30)29-9-5-6-10-29)25-16-18-7-8-20(19(23)15-18)28-13-11-27(4-2)12-14-28;/h7-8,15H,3-6,9-14,16-17H2,1-2H3,(H2,24,25,26);1H. The number of likely N-dealkylation sites (N-methyl/N-ethyl adjacent to an activating group) is 1. The molecule has 0 spiro atoms. The van der Waals surface area contributed by atoms with Gasteiger partial charge in [-0.25, -0.2) is 9.38 Å². The quantitative estimate of drug-likeness (QED) is 0.312. The normalized spacial score (nSPS) is 17.5. The average Bonchev–Trinajstić information content (AvgIpc) is 3.31. The Morgan fingerprint density at radius 2 is 1.77 bits per heavy atom. The van der Waals surface area contributed by atoms with Gasteiger partial charge in [0.25, 0.3) is 0 Å². The number of hydrogen-bond donors (Lipinski definition) is 2. The van der Waals surface area contributed by atoms with E-state index in [2.05, 4.69) is 32.3 Å². The Labute approximate surface area is 202 Å². The molecule has 0 unspecified atom stereocenters. The number of rotatable bonds is 7. The lowest BCUT2D eigenvalue weighted by Crippen LogP contribution is -2.46. The average molecular weight is 546 g/mol. The van der Waals surface area contributed by atoms with Crippen molar-refractivity contribution in [3.05, 3.63) is 29.6 Å². The number of nitrogens with one attached hydrogen (secondary N) is 2. The SMILES string of the molecule is CCNC(=NCc1ccc(N2CCN(CC)CC2)c(F)c1)NCC(=O)N1CCCC1.I. The largest absolute Gasteiger partial charge is 0.367 e. The summed E-state index contributed by atoms with van der Waals surface area (Å²) in [6.07, 6.45) is 2.16. The van der Waals surface area contributed by atoms with E-state index in [9.17, 15) is 9.18 Å². The van der Waals surface area contributed by atoms with Gasteiger partial charge in [-0.2, -0.15) is 0 Å². The summed E-state index contributed by atoms with van der Waals surface area (Å²) in [6.45, 7) is 11.8. The number of nitrogens with zero attached hydrogens (tertiary/aromatic N) is 4. The highest BCUT2D eigenvalue weighted by Gasteiger charge is 2.19. The molecule has 2 heterocycles. The van der Waals surface area contributed by atoms with Gasteiger partial charge >= 0.3 is 0 Å². The molecule has 1 aromatic carbocycles. The zero-order valence-electron chi connectivity index (χ0n) is 18.7. The molecule has 0 aromatic heterocycles. The van der Waals surface area contributed by atoms with E-state index < -0.39 is 0 Å². The molecular formula is C22H36FIN6O. The van der Waals surface area contributed by atoms with Crippen LogP contribution in [0, 0.1) is 5.82 Å². The minimum absolute atomic E-state index is 0. The van der Waals surface area contributed by atoms with Crippen molar-refractivity contribution in [2.24, 2.45) is 4.99 Å². The van der Waals surface area contributed by atoms with E-state index in [0.717, 1.165) is 64.2 Å². The van der Waals surface area contributed by atoms with Gasteiger partial charge in [0.2, 0.25) is 5.91 Å². The predicted octanol–water partition coefficient (Wildman–Crippen LogP) is 2.26. The minimum atomic E-state index is -0.199. The van der Waals surface area contributed by atoms with Gasteiger partial charge in [-0.05, 0) is 44.0 Å². The van der Waals surface area contributed by atoms with Crippen LogP contribution in [0.15, 0.2) is 23.2 Å². The van der Waals surface area contributed by atoms with Crippen LogP contribution in [-0.4, -0.2) is 80.6 Å². The first-order valence-electron chi connectivity index (χ1n) is 11.2. The lowest BCUT2D eigenvalue weighted by atomic mass is 10.1. The van der Waals surface area contributed by atoms with Gasteiger partial charge in [-0.3, -0.25) is 4.79 Å². The summed E-state index contributed by atoms with van der Waals surface area (Å²) < 4.78 is 14.7. The van der Waals surface area contributed by atoms with Crippen LogP contribution in [0.2, 0.25) is 0 Å².